The SMILES string of the molecule is CCCCCC(CCC)C(=O)OC1C=Cc2cccc3cccc1c23. The number of ether oxygens (including phenoxy) is 1. The molecule has 25 heavy (non-hydrogen) atoms. The van der Waals surface area contributed by atoms with Crippen molar-refractivity contribution >= 4 is 22.8 Å². The highest BCUT2D eigenvalue weighted by Gasteiger charge is 2.25. The van der Waals surface area contributed by atoms with Crippen LogP contribution in [-0.2, 0) is 9.53 Å². The lowest BCUT2D eigenvalue weighted by molar-refractivity contribution is -0.152. The minimum absolute atomic E-state index is 0.0290. The van der Waals surface area contributed by atoms with Crippen molar-refractivity contribution in [1.29, 1.82) is 0 Å². The molecule has 0 N–H and O–H groups in total. The highest BCUT2D eigenvalue weighted by atomic mass is 16.5. The van der Waals surface area contributed by atoms with Crippen LogP contribution in [0.1, 0.15) is 69.6 Å². The molecule has 0 saturated carbocycles. The van der Waals surface area contributed by atoms with E-state index in [2.05, 4.69) is 50.3 Å². The van der Waals surface area contributed by atoms with Crippen LogP contribution in [0.25, 0.3) is 16.8 Å². The zero-order chi connectivity index (χ0) is 17.6. The van der Waals surface area contributed by atoms with Gasteiger partial charge in [0, 0.05) is 5.56 Å². The van der Waals surface area contributed by atoms with E-state index in [1.165, 1.54) is 29.2 Å². The monoisotopic (exact) mass is 336 g/mol. The van der Waals surface area contributed by atoms with Crippen LogP contribution < -0.4 is 0 Å². The smallest absolute Gasteiger partial charge is 0.309 e. The molecule has 0 spiro atoms. The largest absolute Gasteiger partial charge is 0.453 e. The Labute approximate surface area is 150 Å². The lowest BCUT2D eigenvalue weighted by Gasteiger charge is -2.24. The Bertz CT molecular complexity index is 755. The summed E-state index contributed by atoms with van der Waals surface area (Å²) in [6.45, 7) is 4.33. The van der Waals surface area contributed by atoms with Gasteiger partial charge in [-0.1, -0.05) is 82.0 Å². The van der Waals surface area contributed by atoms with Crippen LogP contribution in [0.5, 0.6) is 0 Å². The van der Waals surface area contributed by atoms with Crippen molar-refractivity contribution < 1.29 is 9.53 Å². The van der Waals surface area contributed by atoms with Crippen LogP contribution in [0, 0.1) is 5.92 Å². The molecule has 132 valence electrons. The molecule has 0 aliphatic heterocycles. The fraction of sp³-hybridized carbons (Fsp3) is 0.435. The summed E-state index contributed by atoms with van der Waals surface area (Å²) in [5, 5.41) is 2.41. The Morgan fingerprint density at radius 1 is 1.04 bits per heavy atom. The Morgan fingerprint density at radius 2 is 1.84 bits per heavy atom. The molecule has 2 nitrogen and oxygen atoms in total. The second-order valence-corrected chi connectivity index (χ2v) is 6.99. The van der Waals surface area contributed by atoms with Gasteiger partial charge >= 0.3 is 5.97 Å². The maximum atomic E-state index is 12.8. The number of hydrogen-bond acceptors (Lipinski definition) is 2. The van der Waals surface area contributed by atoms with Crippen LogP contribution in [0.15, 0.2) is 42.5 Å². The van der Waals surface area contributed by atoms with Gasteiger partial charge in [-0.05, 0) is 35.3 Å². The van der Waals surface area contributed by atoms with Crippen LogP contribution in [0.3, 0.4) is 0 Å². The molecule has 0 radical (unpaired) electrons. The first-order valence-corrected chi connectivity index (χ1v) is 9.65. The van der Waals surface area contributed by atoms with E-state index in [-0.39, 0.29) is 18.0 Å². The predicted octanol–water partition coefficient (Wildman–Crippen LogP) is 6.45. The number of esters is 1. The van der Waals surface area contributed by atoms with Crippen molar-refractivity contribution in [2.75, 3.05) is 0 Å². The number of carbonyl (C=O) groups excluding carboxylic acids is 1. The Kier molecular flexibility index (Phi) is 5.91. The van der Waals surface area contributed by atoms with Gasteiger partial charge in [-0.2, -0.15) is 0 Å². The molecule has 0 bridgehead atoms. The molecule has 2 atom stereocenters. The summed E-state index contributed by atoms with van der Waals surface area (Å²) >= 11 is 0. The molecule has 0 heterocycles. The number of unbranched alkanes of at least 4 members (excludes halogenated alkanes) is 2. The molecule has 1 aliphatic carbocycles. The molecule has 2 aromatic carbocycles. The number of carbonyl (C=O) groups is 1. The second kappa shape index (κ2) is 8.33. The fourth-order valence-electron chi connectivity index (χ4n) is 3.76. The summed E-state index contributed by atoms with van der Waals surface area (Å²) in [7, 11) is 0. The van der Waals surface area contributed by atoms with Crippen molar-refractivity contribution in [3.63, 3.8) is 0 Å². The van der Waals surface area contributed by atoms with Crippen molar-refractivity contribution in [2.24, 2.45) is 5.92 Å². The summed E-state index contributed by atoms with van der Waals surface area (Å²) in [5.41, 5.74) is 2.31. The lowest BCUT2D eigenvalue weighted by atomic mass is 9.91. The summed E-state index contributed by atoms with van der Waals surface area (Å²) in [6, 6.07) is 12.6. The van der Waals surface area contributed by atoms with Gasteiger partial charge in [-0.15, -0.1) is 0 Å². The van der Waals surface area contributed by atoms with Gasteiger partial charge in [0.1, 0.15) is 6.10 Å². The lowest BCUT2D eigenvalue weighted by Crippen LogP contribution is -2.20. The van der Waals surface area contributed by atoms with Crippen molar-refractivity contribution in [3.05, 3.63) is 53.6 Å². The van der Waals surface area contributed by atoms with Crippen molar-refractivity contribution in [3.8, 4) is 0 Å². The normalized spacial score (nSPS) is 16.8. The molecule has 2 aromatic rings. The van der Waals surface area contributed by atoms with E-state index < -0.39 is 0 Å². The first-order chi connectivity index (χ1) is 12.2. The van der Waals surface area contributed by atoms with Crippen LogP contribution >= 0.6 is 0 Å². The summed E-state index contributed by atoms with van der Waals surface area (Å²) in [4.78, 5) is 12.8. The minimum Gasteiger partial charge on any atom is -0.453 e. The van der Waals surface area contributed by atoms with E-state index in [9.17, 15) is 4.79 Å². The summed E-state index contributed by atoms with van der Waals surface area (Å²) < 4.78 is 5.96. The quantitative estimate of drug-likeness (QED) is 0.409. The maximum absolute atomic E-state index is 12.8. The first-order valence-electron chi connectivity index (χ1n) is 9.65. The van der Waals surface area contributed by atoms with Gasteiger partial charge in [0.25, 0.3) is 0 Å². The number of benzene rings is 2. The third-order valence-electron chi connectivity index (χ3n) is 5.10. The van der Waals surface area contributed by atoms with Crippen LogP contribution in [0.2, 0.25) is 0 Å². The van der Waals surface area contributed by atoms with Crippen LogP contribution in [-0.4, -0.2) is 5.97 Å². The van der Waals surface area contributed by atoms with E-state index in [1.807, 2.05) is 12.1 Å². The zero-order valence-corrected chi connectivity index (χ0v) is 15.3. The first kappa shape index (κ1) is 17.7. The predicted molar refractivity (Wildman–Crippen MR) is 104 cm³/mol. The zero-order valence-electron chi connectivity index (χ0n) is 15.3. The molecular formula is C23H28O2. The topological polar surface area (TPSA) is 26.3 Å². The van der Waals surface area contributed by atoms with Crippen molar-refractivity contribution in [1.82, 2.24) is 0 Å². The fourth-order valence-corrected chi connectivity index (χ4v) is 3.76. The number of hydrogen-bond donors (Lipinski definition) is 0. The van der Waals surface area contributed by atoms with E-state index in [4.69, 9.17) is 4.74 Å². The van der Waals surface area contributed by atoms with Gasteiger partial charge in [0.2, 0.25) is 0 Å². The van der Waals surface area contributed by atoms with Gasteiger partial charge in [-0.3, -0.25) is 4.79 Å². The molecule has 0 fully saturated rings. The molecule has 2 heteroatoms. The molecular weight excluding hydrogens is 308 g/mol. The van der Waals surface area contributed by atoms with Crippen molar-refractivity contribution in [2.45, 2.75) is 58.5 Å². The summed E-state index contributed by atoms with van der Waals surface area (Å²) in [5.74, 6) is -0.00897. The van der Waals surface area contributed by atoms with E-state index >= 15 is 0 Å². The van der Waals surface area contributed by atoms with Gasteiger partial charge in [0.15, 0.2) is 0 Å². The van der Waals surface area contributed by atoms with E-state index in [0.29, 0.717) is 0 Å². The molecule has 0 amide bonds. The molecule has 0 aromatic heterocycles. The Balaban J connectivity index is 1.78. The molecule has 3 rings (SSSR count). The Morgan fingerprint density at radius 3 is 2.60 bits per heavy atom. The minimum atomic E-state index is -0.267. The average molecular weight is 336 g/mol. The molecule has 0 saturated heterocycles. The summed E-state index contributed by atoms with van der Waals surface area (Å²) in [6.07, 6.45) is 10.2. The number of rotatable bonds is 8. The Hall–Kier alpha value is -2.09. The van der Waals surface area contributed by atoms with Gasteiger partial charge in [0.05, 0.1) is 5.92 Å². The van der Waals surface area contributed by atoms with Crippen LogP contribution in [0.4, 0.5) is 0 Å². The highest BCUT2D eigenvalue weighted by Crippen LogP contribution is 2.36. The molecule has 2 unspecified atom stereocenters. The average Bonchev–Trinajstić information content (AvgIpc) is 2.63. The van der Waals surface area contributed by atoms with E-state index in [1.54, 1.807) is 0 Å². The van der Waals surface area contributed by atoms with Gasteiger partial charge in [-0.25, -0.2) is 0 Å². The maximum Gasteiger partial charge on any atom is 0.309 e. The highest BCUT2D eigenvalue weighted by molar-refractivity contribution is 5.95. The van der Waals surface area contributed by atoms with Gasteiger partial charge < -0.3 is 4.74 Å². The van der Waals surface area contributed by atoms with E-state index in [0.717, 1.165) is 31.2 Å². The standard InChI is InChI=1S/C23H28O2/c1-3-5-6-10-19(9-4-2)23(24)25-21-16-15-18-12-7-11-17-13-8-14-20(21)22(17)18/h7-8,11-16,19,21H,3-6,9-10H2,1-2H3. The molecule has 1 aliphatic rings. The second-order valence-electron chi connectivity index (χ2n) is 6.99. The third-order valence-corrected chi connectivity index (χ3v) is 5.10. The third kappa shape index (κ3) is 3.95.